The van der Waals surface area contributed by atoms with Gasteiger partial charge in [0.2, 0.25) is 0 Å². The average molecular weight is 158 g/mol. The molecule has 1 rings (SSSR count). The van der Waals surface area contributed by atoms with Crippen molar-refractivity contribution >= 4 is 9.47 Å². The zero-order chi connectivity index (χ0) is 7.56. The molecule has 1 unspecified atom stereocenters. The Labute approximate surface area is 60.5 Å². The van der Waals surface area contributed by atoms with Crippen LogP contribution in [0.5, 0.6) is 17.2 Å². The van der Waals surface area contributed by atoms with E-state index in [4.69, 9.17) is 10.2 Å². The molecule has 0 saturated heterocycles. The highest BCUT2D eigenvalue weighted by molar-refractivity contribution is 7.10. The molecule has 10 heavy (non-hydrogen) atoms. The van der Waals surface area contributed by atoms with Crippen LogP contribution in [0.15, 0.2) is 18.2 Å². The van der Waals surface area contributed by atoms with Gasteiger partial charge in [-0.3, -0.25) is 0 Å². The minimum atomic E-state index is 0.00722. The first-order valence-electron chi connectivity index (χ1n) is 2.63. The Morgan fingerprint density at radius 3 is 2.50 bits per heavy atom. The van der Waals surface area contributed by atoms with Gasteiger partial charge in [0.05, 0.1) is 9.47 Å². The van der Waals surface area contributed by atoms with E-state index in [9.17, 15) is 0 Å². The summed E-state index contributed by atoms with van der Waals surface area (Å²) in [7, 11) is 1.98. The Morgan fingerprint density at radius 1 is 1.30 bits per heavy atom. The first kappa shape index (κ1) is 7.16. The van der Waals surface area contributed by atoms with Crippen LogP contribution in [0, 0.1) is 0 Å². The molecule has 1 aromatic rings. The molecule has 0 saturated carbocycles. The quantitative estimate of drug-likeness (QED) is 0.478. The molecule has 0 heterocycles. The van der Waals surface area contributed by atoms with Crippen LogP contribution in [0.4, 0.5) is 0 Å². The van der Waals surface area contributed by atoms with E-state index in [1.54, 1.807) is 0 Å². The lowest BCUT2D eigenvalue weighted by molar-refractivity contribution is 0.438. The molecule has 1 atom stereocenters. The van der Waals surface area contributed by atoms with Gasteiger partial charge in [-0.25, -0.2) is 0 Å². The number of phenols is 2. The molecule has 1 aromatic carbocycles. The number of hydrogen-bond donors (Lipinski definition) is 2. The maximum Gasteiger partial charge on any atom is 0.167 e. The van der Waals surface area contributed by atoms with Gasteiger partial charge in [0.15, 0.2) is 11.5 Å². The average Bonchev–Trinajstić information content (AvgIpc) is 1.94. The van der Waals surface area contributed by atoms with Gasteiger partial charge in [-0.15, -0.1) is 0 Å². The summed E-state index contributed by atoms with van der Waals surface area (Å²) in [5, 5.41) is 17.9. The lowest BCUT2D eigenvalue weighted by Crippen LogP contribution is -1.74. The van der Waals surface area contributed by atoms with E-state index in [-0.39, 0.29) is 17.2 Å². The van der Waals surface area contributed by atoms with Crippen LogP contribution in [-0.4, -0.2) is 10.2 Å². The van der Waals surface area contributed by atoms with Crippen LogP contribution < -0.4 is 4.52 Å². The number of phenolic OH excluding ortho intramolecular Hbond substituents is 2. The number of benzene rings is 1. The Hall–Kier alpha value is -0.950. The van der Waals surface area contributed by atoms with Gasteiger partial charge >= 0.3 is 0 Å². The van der Waals surface area contributed by atoms with Gasteiger partial charge in [0, 0.05) is 6.07 Å². The van der Waals surface area contributed by atoms with Crippen molar-refractivity contribution < 1.29 is 14.7 Å². The molecule has 0 spiro atoms. The topological polar surface area (TPSA) is 49.7 Å². The fourth-order valence-corrected chi connectivity index (χ4v) is 0.786. The molecule has 0 aliphatic heterocycles. The summed E-state index contributed by atoms with van der Waals surface area (Å²) in [4.78, 5) is 0. The van der Waals surface area contributed by atoms with Crippen molar-refractivity contribution in [2.75, 3.05) is 0 Å². The van der Waals surface area contributed by atoms with Crippen molar-refractivity contribution in [3.63, 3.8) is 0 Å². The third kappa shape index (κ3) is 1.31. The molecule has 0 aliphatic carbocycles. The maximum absolute atomic E-state index is 8.99. The lowest BCUT2D eigenvalue weighted by atomic mass is 10.3. The first-order valence-corrected chi connectivity index (χ1v) is 3.10. The van der Waals surface area contributed by atoms with Crippen molar-refractivity contribution in [1.29, 1.82) is 0 Å². The standard InChI is InChI=1S/C6H7O3P/c7-4-1-2-5(8)6(3-4)9-10/h1-3,7-8H,10H2. The maximum atomic E-state index is 8.99. The normalized spacial score (nSPS) is 9.30. The smallest absolute Gasteiger partial charge is 0.167 e. The molecule has 3 nitrogen and oxygen atoms in total. The van der Waals surface area contributed by atoms with Crippen LogP contribution in [0.2, 0.25) is 0 Å². The fraction of sp³-hybridized carbons (Fsp3) is 0. The Morgan fingerprint density at radius 2 is 2.00 bits per heavy atom. The lowest BCUT2D eigenvalue weighted by Gasteiger charge is -2.01. The van der Waals surface area contributed by atoms with E-state index in [0.717, 1.165) is 0 Å². The molecule has 0 amide bonds. The molecule has 0 bridgehead atoms. The van der Waals surface area contributed by atoms with Crippen molar-refractivity contribution in [2.45, 2.75) is 0 Å². The summed E-state index contributed by atoms with van der Waals surface area (Å²) in [6.07, 6.45) is 0. The predicted octanol–water partition coefficient (Wildman–Crippen LogP) is 1.27. The largest absolute Gasteiger partial charge is 0.508 e. The SMILES string of the molecule is Oc1ccc(O)c(OP)c1. The monoisotopic (exact) mass is 158 g/mol. The Balaban J connectivity index is 3.09. The summed E-state index contributed by atoms with van der Waals surface area (Å²) in [6.45, 7) is 0. The fourth-order valence-electron chi connectivity index (χ4n) is 0.597. The third-order valence-corrected chi connectivity index (χ3v) is 1.32. The predicted molar refractivity (Wildman–Crippen MR) is 40.1 cm³/mol. The second kappa shape index (κ2) is 2.76. The molecule has 54 valence electrons. The highest BCUT2D eigenvalue weighted by Crippen LogP contribution is 2.30. The van der Waals surface area contributed by atoms with Crippen LogP contribution >= 0.6 is 9.47 Å². The summed E-state index contributed by atoms with van der Waals surface area (Å²) >= 11 is 0. The van der Waals surface area contributed by atoms with Crippen molar-refractivity contribution in [3.05, 3.63) is 18.2 Å². The molecule has 2 N–H and O–H groups in total. The minimum Gasteiger partial charge on any atom is -0.508 e. The van der Waals surface area contributed by atoms with E-state index in [0.29, 0.717) is 0 Å². The van der Waals surface area contributed by atoms with E-state index < -0.39 is 0 Å². The Kier molecular flexibility index (Phi) is 1.97. The van der Waals surface area contributed by atoms with Crippen LogP contribution in [0.3, 0.4) is 0 Å². The summed E-state index contributed by atoms with van der Waals surface area (Å²) in [5.41, 5.74) is 0. The molecule has 0 aliphatic rings. The minimum absolute atomic E-state index is 0.00722. The molecule has 0 aromatic heterocycles. The van der Waals surface area contributed by atoms with Gasteiger partial charge < -0.3 is 14.7 Å². The van der Waals surface area contributed by atoms with E-state index >= 15 is 0 Å². The summed E-state index contributed by atoms with van der Waals surface area (Å²) in [5.74, 6) is 0.313. The van der Waals surface area contributed by atoms with Gasteiger partial charge in [0.1, 0.15) is 5.75 Å². The van der Waals surface area contributed by atoms with Crippen molar-refractivity contribution in [2.24, 2.45) is 0 Å². The number of hydrogen-bond acceptors (Lipinski definition) is 3. The van der Waals surface area contributed by atoms with Crippen molar-refractivity contribution in [3.8, 4) is 17.2 Å². The zero-order valence-corrected chi connectivity index (χ0v) is 6.27. The van der Waals surface area contributed by atoms with Crippen LogP contribution in [0.1, 0.15) is 0 Å². The van der Waals surface area contributed by atoms with E-state index in [2.05, 4.69) is 4.52 Å². The van der Waals surface area contributed by atoms with Crippen molar-refractivity contribution in [1.82, 2.24) is 0 Å². The molecule has 0 fully saturated rings. The third-order valence-electron chi connectivity index (χ3n) is 1.07. The summed E-state index contributed by atoms with van der Waals surface area (Å²) < 4.78 is 4.63. The second-order valence-corrected chi connectivity index (χ2v) is 2.01. The van der Waals surface area contributed by atoms with Gasteiger partial charge in [-0.1, -0.05) is 0 Å². The zero-order valence-electron chi connectivity index (χ0n) is 5.11. The van der Waals surface area contributed by atoms with E-state index in [1.807, 2.05) is 9.47 Å². The molecular weight excluding hydrogens is 151 g/mol. The van der Waals surface area contributed by atoms with Crippen LogP contribution in [-0.2, 0) is 0 Å². The highest BCUT2D eigenvalue weighted by atomic mass is 31.0. The number of aromatic hydroxyl groups is 2. The highest BCUT2D eigenvalue weighted by Gasteiger charge is 1.99. The molecule has 4 heteroatoms. The van der Waals surface area contributed by atoms with Gasteiger partial charge in [-0.05, 0) is 12.1 Å². The molecule has 0 radical (unpaired) electrons. The van der Waals surface area contributed by atoms with Gasteiger partial charge in [-0.2, -0.15) is 0 Å². The Bertz CT molecular complexity index is 236. The molecular formula is C6H7O3P. The van der Waals surface area contributed by atoms with Gasteiger partial charge in [0.25, 0.3) is 0 Å². The number of rotatable bonds is 1. The first-order chi connectivity index (χ1) is 4.74. The van der Waals surface area contributed by atoms with E-state index in [1.165, 1.54) is 18.2 Å². The van der Waals surface area contributed by atoms with Crippen LogP contribution in [0.25, 0.3) is 0 Å². The summed E-state index contributed by atoms with van der Waals surface area (Å²) in [6, 6.07) is 4.06. The second-order valence-electron chi connectivity index (χ2n) is 1.77.